The molecule has 1 aliphatic rings. The molecule has 20 heavy (non-hydrogen) atoms. The first kappa shape index (κ1) is 13.2. The third kappa shape index (κ3) is 2.85. The van der Waals surface area contributed by atoms with E-state index in [4.69, 9.17) is 4.74 Å². The molecule has 0 radical (unpaired) electrons. The highest BCUT2D eigenvalue weighted by molar-refractivity contribution is 5.29. The average molecular weight is 271 g/mol. The summed E-state index contributed by atoms with van der Waals surface area (Å²) in [6, 6.07) is 8.83. The molecule has 0 unspecified atom stereocenters. The second-order valence-electron chi connectivity index (χ2n) is 5.26. The van der Waals surface area contributed by atoms with E-state index in [2.05, 4.69) is 33.2 Å². The van der Waals surface area contributed by atoms with Crippen molar-refractivity contribution in [2.24, 2.45) is 0 Å². The van der Waals surface area contributed by atoms with Crippen molar-refractivity contribution < 1.29 is 4.74 Å². The molecule has 4 heteroatoms. The van der Waals surface area contributed by atoms with Crippen LogP contribution in [0.1, 0.15) is 30.3 Å². The van der Waals surface area contributed by atoms with Gasteiger partial charge in [-0.2, -0.15) is 0 Å². The average Bonchev–Trinajstić information content (AvgIpc) is 2.97. The number of benzene rings is 1. The van der Waals surface area contributed by atoms with Crippen molar-refractivity contribution in [3.63, 3.8) is 0 Å². The van der Waals surface area contributed by atoms with Crippen LogP contribution in [0.25, 0.3) is 0 Å². The number of aromatic nitrogens is 2. The monoisotopic (exact) mass is 271 g/mol. The molecule has 0 bridgehead atoms. The van der Waals surface area contributed by atoms with Gasteiger partial charge in [-0.25, -0.2) is 4.98 Å². The van der Waals surface area contributed by atoms with Gasteiger partial charge in [0.05, 0.1) is 7.11 Å². The molecule has 0 saturated carbocycles. The van der Waals surface area contributed by atoms with Gasteiger partial charge >= 0.3 is 0 Å². The minimum atomic E-state index is 0.590. The van der Waals surface area contributed by atoms with Gasteiger partial charge in [0, 0.05) is 24.9 Å². The van der Waals surface area contributed by atoms with Gasteiger partial charge in [0.2, 0.25) is 0 Å². The Balaban J connectivity index is 1.75. The summed E-state index contributed by atoms with van der Waals surface area (Å²) in [6.45, 7) is 2.20. The Morgan fingerprint density at radius 2 is 2.00 bits per heavy atom. The molecule has 1 saturated heterocycles. The van der Waals surface area contributed by atoms with E-state index in [0.29, 0.717) is 6.04 Å². The summed E-state index contributed by atoms with van der Waals surface area (Å²) in [5.74, 6) is 2.05. The molecule has 0 aliphatic carbocycles. The van der Waals surface area contributed by atoms with Crippen molar-refractivity contribution in [1.82, 2.24) is 14.9 Å². The van der Waals surface area contributed by atoms with Gasteiger partial charge in [-0.1, -0.05) is 12.1 Å². The predicted molar refractivity (Wildman–Crippen MR) is 79.2 cm³/mol. The first-order valence-corrected chi connectivity index (χ1v) is 7.22. The summed E-state index contributed by atoms with van der Waals surface area (Å²) in [5.41, 5.74) is 1.27. The van der Waals surface area contributed by atoms with Crippen LogP contribution >= 0.6 is 0 Å². The van der Waals surface area contributed by atoms with E-state index in [9.17, 15) is 0 Å². The second-order valence-corrected chi connectivity index (χ2v) is 5.26. The lowest BCUT2D eigenvalue weighted by Crippen LogP contribution is -2.29. The third-order valence-corrected chi connectivity index (χ3v) is 3.97. The van der Waals surface area contributed by atoms with Crippen molar-refractivity contribution in [1.29, 1.82) is 0 Å². The summed E-state index contributed by atoms with van der Waals surface area (Å²) in [4.78, 5) is 4.54. The van der Waals surface area contributed by atoms with Gasteiger partial charge in [-0.3, -0.25) is 0 Å². The number of nitrogens with zero attached hydrogens (tertiary/aromatic N) is 2. The number of piperidine rings is 1. The fraction of sp³-hybridized carbons (Fsp3) is 0.438. The number of imidazole rings is 1. The highest BCUT2D eigenvalue weighted by atomic mass is 16.5. The van der Waals surface area contributed by atoms with Crippen molar-refractivity contribution in [3.05, 3.63) is 48.0 Å². The molecular weight excluding hydrogens is 250 g/mol. The van der Waals surface area contributed by atoms with Gasteiger partial charge < -0.3 is 14.6 Å². The van der Waals surface area contributed by atoms with Gasteiger partial charge in [-0.05, 0) is 43.6 Å². The number of nitrogens with one attached hydrogen (secondary N) is 1. The number of ether oxygens (including phenoxy) is 1. The third-order valence-electron chi connectivity index (χ3n) is 3.97. The normalized spacial score (nSPS) is 16.2. The molecule has 0 spiro atoms. The lowest BCUT2D eigenvalue weighted by Gasteiger charge is -2.25. The Kier molecular flexibility index (Phi) is 4.02. The standard InChI is InChI=1S/C16H21N3O/c1-20-15-4-2-13(3-5-15)12-16-18-10-11-19(16)14-6-8-17-9-7-14/h2-5,10-11,14,17H,6-9,12H2,1H3. The zero-order chi connectivity index (χ0) is 13.8. The number of rotatable bonds is 4. The lowest BCUT2D eigenvalue weighted by molar-refractivity contribution is 0.361. The molecule has 0 amide bonds. The number of hydrogen-bond acceptors (Lipinski definition) is 3. The summed E-state index contributed by atoms with van der Waals surface area (Å²) in [5, 5.41) is 3.41. The maximum absolute atomic E-state index is 5.20. The highest BCUT2D eigenvalue weighted by Crippen LogP contribution is 2.22. The van der Waals surface area contributed by atoms with Gasteiger partial charge in [-0.15, -0.1) is 0 Å². The van der Waals surface area contributed by atoms with Crippen molar-refractivity contribution in [2.45, 2.75) is 25.3 Å². The van der Waals surface area contributed by atoms with E-state index >= 15 is 0 Å². The number of hydrogen-bond donors (Lipinski definition) is 1. The molecule has 1 aromatic heterocycles. The molecular formula is C16H21N3O. The summed E-state index contributed by atoms with van der Waals surface area (Å²) >= 11 is 0. The van der Waals surface area contributed by atoms with E-state index in [-0.39, 0.29) is 0 Å². The predicted octanol–water partition coefficient (Wildman–Crippen LogP) is 2.41. The van der Waals surface area contributed by atoms with Crippen LogP contribution in [0.2, 0.25) is 0 Å². The fourth-order valence-electron chi connectivity index (χ4n) is 2.82. The zero-order valence-corrected chi connectivity index (χ0v) is 11.9. The highest BCUT2D eigenvalue weighted by Gasteiger charge is 2.17. The summed E-state index contributed by atoms with van der Waals surface area (Å²) in [7, 11) is 1.69. The molecule has 1 N–H and O–H groups in total. The Labute approximate surface area is 119 Å². The summed E-state index contributed by atoms with van der Waals surface area (Å²) in [6.07, 6.45) is 7.29. The van der Waals surface area contributed by atoms with E-state index in [0.717, 1.165) is 31.1 Å². The first-order chi connectivity index (χ1) is 9.86. The van der Waals surface area contributed by atoms with Crippen LogP contribution < -0.4 is 10.1 Å². The minimum Gasteiger partial charge on any atom is -0.497 e. The largest absolute Gasteiger partial charge is 0.497 e. The quantitative estimate of drug-likeness (QED) is 0.928. The maximum Gasteiger partial charge on any atom is 0.118 e. The Bertz CT molecular complexity index is 541. The van der Waals surface area contributed by atoms with Crippen molar-refractivity contribution >= 4 is 0 Å². The second kappa shape index (κ2) is 6.09. The van der Waals surface area contributed by atoms with Crippen LogP contribution in [-0.2, 0) is 6.42 Å². The molecule has 106 valence electrons. The van der Waals surface area contributed by atoms with Crippen LogP contribution in [0, 0.1) is 0 Å². The molecule has 3 rings (SSSR count). The van der Waals surface area contributed by atoms with E-state index in [1.54, 1.807) is 7.11 Å². The number of methoxy groups -OCH3 is 1. The molecule has 1 aliphatic heterocycles. The molecule has 4 nitrogen and oxygen atoms in total. The lowest BCUT2D eigenvalue weighted by atomic mass is 10.1. The minimum absolute atomic E-state index is 0.590. The van der Waals surface area contributed by atoms with Crippen LogP contribution in [0.3, 0.4) is 0 Å². The molecule has 0 atom stereocenters. The van der Waals surface area contributed by atoms with Gasteiger partial charge in [0.25, 0.3) is 0 Å². The first-order valence-electron chi connectivity index (χ1n) is 7.22. The zero-order valence-electron chi connectivity index (χ0n) is 11.9. The Hall–Kier alpha value is -1.81. The van der Waals surface area contributed by atoms with Gasteiger partial charge in [0.15, 0.2) is 0 Å². The molecule has 1 fully saturated rings. The maximum atomic E-state index is 5.20. The van der Waals surface area contributed by atoms with Crippen LogP contribution in [-0.4, -0.2) is 29.8 Å². The van der Waals surface area contributed by atoms with Crippen LogP contribution in [0.4, 0.5) is 0 Å². The van der Waals surface area contributed by atoms with E-state index < -0.39 is 0 Å². The Morgan fingerprint density at radius 3 is 2.70 bits per heavy atom. The Morgan fingerprint density at radius 1 is 1.25 bits per heavy atom. The molecule has 2 aromatic rings. The van der Waals surface area contributed by atoms with Crippen LogP contribution in [0.5, 0.6) is 5.75 Å². The van der Waals surface area contributed by atoms with Crippen molar-refractivity contribution in [3.8, 4) is 5.75 Å². The smallest absolute Gasteiger partial charge is 0.118 e. The van der Waals surface area contributed by atoms with Crippen molar-refractivity contribution in [2.75, 3.05) is 20.2 Å². The fourth-order valence-corrected chi connectivity index (χ4v) is 2.82. The molecule has 1 aromatic carbocycles. The molecule has 2 heterocycles. The van der Waals surface area contributed by atoms with Crippen LogP contribution in [0.15, 0.2) is 36.7 Å². The topological polar surface area (TPSA) is 39.1 Å². The van der Waals surface area contributed by atoms with E-state index in [1.165, 1.54) is 18.4 Å². The summed E-state index contributed by atoms with van der Waals surface area (Å²) < 4.78 is 7.55. The van der Waals surface area contributed by atoms with Gasteiger partial charge in [0.1, 0.15) is 11.6 Å². The van der Waals surface area contributed by atoms with E-state index in [1.807, 2.05) is 18.3 Å². The SMILES string of the molecule is COc1ccc(Cc2nccn2C2CCNCC2)cc1.